The fraction of sp³-hybridized carbons (Fsp3) is 0.160. The minimum absolute atomic E-state index is 0.0978. The van der Waals surface area contributed by atoms with Gasteiger partial charge in [0.15, 0.2) is 0 Å². The molecule has 4 aromatic rings. The molecule has 0 radical (unpaired) electrons. The summed E-state index contributed by atoms with van der Waals surface area (Å²) in [7, 11) is 0. The van der Waals surface area contributed by atoms with Crippen molar-refractivity contribution < 1.29 is 4.79 Å². The van der Waals surface area contributed by atoms with Crippen LogP contribution in [-0.4, -0.2) is 22.2 Å². The van der Waals surface area contributed by atoms with Crippen molar-refractivity contribution in [2.75, 3.05) is 6.54 Å². The Morgan fingerprint density at radius 1 is 0.903 bits per heavy atom. The Labute approximate surface area is 185 Å². The summed E-state index contributed by atoms with van der Waals surface area (Å²) < 4.78 is 1.22. The van der Waals surface area contributed by atoms with Gasteiger partial charge in [0, 0.05) is 18.5 Å². The number of rotatable bonds is 8. The smallest absolute Gasteiger partial charge is 0.267 e. The molecule has 0 unspecified atom stereocenters. The Bertz CT molecular complexity index is 1130. The van der Waals surface area contributed by atoms with Gasteiger partial charge in [0.25, 0.3) is 5.56 Å². The highest BCUT2D eigenvalue weighted by Crippen LogP contribution is 2.27. The maximum atomic E-state index is 12.5. The lowest BCUT2D eigenvalue weighted by Gasteiger charge is -2.18. The largest absolute Gasteiger partial charge is 0.354 e. The van der Waals surface area contributed by atoms with E-state index in [2.05, 4.69) is 34.7 Å². The number of hydrogen-bond donors (Lipinski definition) is 1. The van der Waals surface area contributed by atoms with Crippen molar-refractivity contribution in [1.82, 2.24) is 15.1 Å². The molecule has 0 bridgehead atoms. The first-order valence-electron chi connectivity index (χ1n) is 10.2. The lowest BCUT2D eigenvalue weighted by molar-refractivity contribution is -0.121. The van der Waals surface area contributed by atoms with Gasteiger partial charge in [-0.15, -0.1) is 11.3 Å². The topological polar surface area (TPSA) is 64.0 Å². The van der Waals surface area contributed by atoms with Gasteiger partial charge in [-0.05, 0) is 35.1 Å². The average molecular weight is 430 g/mol. The number of nitrogens with one attached hydrogen (secondary N) is 1. The molecule has 2 aromatic heterocycles. The van der Waals surface area contributed by atoms with Crippen LogP contribution >= 0.6 is 11.3 Å². The van der Waals surface area contributed by atoms with Crippen LogP contribution in [0.4, 0.5) is 0 Å². The summed E-state index contributed by atoms with van der Waals surface area (Å²) in [5.41, 5.74) is 2.83. The molecular weight excluding hydrogens is 406 g/mol. The van der Waals surface area contributed by atoms with Gasteiger partial charge in [-0.1, -0.05) is 66.7 Å². The Morgan fingerprint density at radius 3 is 2.19 bits per heavy atom. The highest BCUT2D eigenvalue weighted by Gasteiger charge is 2.15. The Hall–Kier alpha value is -3.51. The predicted molar refractivity (Wildman–Crippen MR) is 124 cm³/mol. The predicted octanol–water partition coefficient (Wildman–Crippen LogP) is 4.31. The molecule has 156 valence electrons. The van der Waals surface area contributed by atoms with Gasteiger partial charge >= 0.3 is 0 Å². The van der Waals surface area contributed by atoms with Gasteiger partial charge in [0.1, 0.15) is 12.2 Å². The summed E-state index contributed by atoms with van der Waals surface area (Å²) in [6, 6.07) is 27.6. The van der Waals surface area contributed by atoms with Crippen LogP contribution in [0.1, 0.15) is 23.5 Å². The molecule has 0 atom stereocenters. The van der Waals surface area contributed by atoms with Crippen molar-refractivity contribution in [3.8, 4) is 10.6 Å². The number of hydrogen-bond acceptors (Lipinski definition) is 4. The SMILES string of the molecule is O=C(Cn1nc(-c2cccs2)ccc1=O)NCCC(c1ccccc1)c1ccccc1. The first kappa shape index (κ1) is 20.8. The van der Waals surface area contributed by atoms with Crippen molar-refractivity contribution in [1.29, 1.82) is 0 Å². The van der Waals surface area contributed by atoms with E-state index >= 15 is 0 Å². The van der Waals surface area contributed by atoms with Crippen molar-refractivity contribution >= 4 is 17.2 Å². The third-order valence-corrected chi connectivity index (χ3v) is 5.99. The molecule has 4 rings (SSSR count). The molecule has 2 heterocycles. The van der Waals surface area contributed by atoms with Gasteiger partial charge in [0.2, 0.25) is 5.91 Å². The molecule has 5 nitrogen and oxygen atoms in total. The number of benzene rings is 2. The normalized spacial score (nSPS) is 10.9. The molecule has 0 saturated heterocycles. The zero-order valence-electron chi connectivity index (χ0n) is 17.0. The molecule has 6 heteroatoms. The number of thiophene rings is 1. The standard InChI is InChI=1S/C25H23N3O2S/c29-24(18-28-25(30)14-13-22(27-28)23-12-7-17-31-23)26-16-15-21(19-8-3-1-4-9-19)20-10-5-2-6-11-20/h1-14,17,21H,15-16,18H2,(H,26,29). The molecule has 1 amide bonds. The molecule has 31 heavy (non-hydrogen) atoms. The summed E-state index contributed by atoms with van der Waals surface area (Å²) in [5, 5.41) is 9.25. The van der Waals surface area contributed by atoms with E-state index < -0.39 is 0 Å². The maximum absolute atomic E-state index is 12.5. The molecule has 0 fully saturated rings. The monoisotopic (exact) mass is 429 g/mol. The third-order valence-electron chi connectivity index (χ3n) is 5.09. The number of nitrogens with zero attached hydrogens (tertiary/aromatic N) is 2. The van der Waals surface area contributed by atoms with Gasteiger partial charge in [-0.25, -0.2) is 4.68 Å². The fourth-order valence-electron chi connectivity index (χ4n) is 3.56. The van der Waals surface area contributed by atoms with E-state index in [0.717, 1.165) is 11.3 Å². The van der Waals surface area contributed by atoms with E-state index in [1.54, 1.807) is 17.4 Å². The molecule has 0 spiro atoms. The lowest BCUT2D eigenvalue weighted by atomic mass is 9.88. The van der Waals surface area contributed by atoms with Crippen LogP contribution in [0.2, 0.25) is 0 Å². The molecule has 0 aliphatic carbocycles. The summed E-state index contributed by atoms with van der Waals surface area (Å²) in [4.78, 5) is 25.6. The van der Waals surface area contributed by atoms with Crippen LogP contribution in [0.15, 0.2) is 95.1 Å². The number of carbonyl (C=O) groups excluding carboxylic acids is 1. The van der Waals surface area contributed by atoms with Gasteiger partial charge in [-0.2, -0.15) is 5.10 Å². The Morgan fingerprint density at radius 2 is 1.58 bits per heavy atom. The van der Waals surface area contributed by atoms with Crippen LogP contribution in [-0.2, 0) is 11.3 Å². The summed E-state index contributed by atoms with van der Waals surface area (Å²) in [6.07, 6.45) is 0.761. The molecule has 1 N–H and O–H groups in total. The van der Waals surface area contributed by atoms with E-state index in [9.17, 15) is 9.59 Å². The second-order valence-corrected chi connectivity index (χ2v) is 8.15. The average Bonchev–Trinajstić information content (AvgIpc) is 3.34. The maximum Gasteiger partial charge on any atom is 0.267 e. The van der Waals surface area contributed by atoms with Crippen molar-refractivity contribution in [3.63, 3.8) is 0 Å². The van der Waals surface area contributed by atoms with Crippen molar-refractivity contribution in [2.24, 2.45) is 0 Å². The first-order valence-corrected chi connectivity index (χ1v) is 11.1. The van der Waals surface area contributed by atoms with Crippen molar-refractivity contribution in [2.45, 2.75) is 18.9 Å². The minimum Gasteiger partial charge on any atom is -0.354 e. The van der Waals surface area contributed by atoms with Crippen LogP contribution in [0.5, 0.6) is 0 Å². The van der Waals surface area contributed by atoms with E-state index in [1.165, 1.54) is 21.9 Å². The summed E-state index contributed by atoms with van der Waals surface area (Å²) >= 11 is 1.54. The van der Waals surface area contributed by atoms with Crippen LogP contribution in [0.25, 0.3) is 10.6 Å². The zero-order valence-corrected chi connectivity index (χ0v) is 17.8. The molecule has 0 aliphatic heterocycles. The third kappa shape index (κ3) is 5.35. The van der Waals surface area contributed by atoms with E-state index in [1.807, 2.05) is 53.9 Å². The molecule has 2 aromatic carbocycles. The second-order valence-electron chi connectivity index (χ2n) is 7.20. The highest BCUT2D eigenvalue weighted by molar-refractivity contribution is 7.13. The number of amides is 1. The number of aromatic nitrogens is 2. The van der Waals surface area contributed by atoms with Crippen molar-refractivity contribution in [3.05, 3.63) is 112 Å². The lowest BCUT2D eigenvalue weighted by Crippen LogP contribution is -2.34. The van der Waals surface area contributed by atoms with Crippen LogP contribution < -0.4 is 10.9 Å². The first-order chi connectivity index (χ1) is 15.2. The zero-order chi connectivity index (χ0) is 21.5. The second kappa shape index (κ2) is 10.00. The Balaban J connectivity index is 1.40. The number of carbonyl (C=O) groups is 1. The van der Waals surface area contributed by atoms with Gasteiger partial charge in [0.05, 0.1) is 4.88 Å². The summed E-state index contributed by atoms with van der Waals surface area (Å²) in [6.45, 7) is 0.409. The fourth-order valence-corrected chi connectivity index (χ4v) is 4.25. The highest BCUT2D eigenvalue weighted by atomic mass is 32.1. The quantitative estimate of drug-likeness (QED) is 0.454. The minimum atomic E-state index is -0.290. The molecule has 0 aliphatic rings. The Kier molecular flexibility index (Phi) is 6.69. The summed E-state index contributed by atoms with van der Waals surface area (Å²) in [5.74, 6) is -0.0384. The van der Waals surface area contributed by atoms with E-state index in [4.69, 9.17) is 0 Å². The van der Waals surface area contributed by atoms with E-state index in [0.29, 0.717) is 12.2 Å². The van der Waals surface area contributed by atoms with Crippen LogP contribution in [0, 0.1) is 0 Å². The van der Waals surface area contributed by atoms with Gasteiger partial charge in [-0.3, -0.25) is 9.59 Å². The van der Waals surface area contributed by atoms with E-state index in [-0.39, 0.29) is 23.9 Å². The van der Waals surface area contributed by atoms with Crippen LogP contribution in [0.3, 0.4) is 0 Å². The molecule has 0 saturated carbocycles. The molecular formula is C25H23N3O2S. The van der Waals surface area contributed by atoms with Gasteiger partial charge < -0.3 is 5.32 Å².